The number of piperazine rings is 1. The zero-order chi connectivity index (χ0) is 18.7. The lowest BCUT2D eigenvalue weighted by atomic mass is 9.96. The number of carbonyl (C=O) groups is 2. The zero-order valence-electron chi connectivity index (χ0n) is 15.4. The van der Waals surface area contributed by atoms with Gasteiger partial charge in [-0.3, -0.25) is 14.5 Å². The topological polar surface area (TPSA) is 65.8 Å². The van der Waals surface area contributed by atoms with Crippen molar-refractivity contribution in [1.29, 1.82) is 0 Å². The molecule has 0 bridgehead atoms. The van der Waals surface area contributed by atoms with Crippen LogP contribution >= 0.6 is 0 Å². The van der Waals surface area contributed by atoms with Crippen LogP contribution in [0.1, 0.15) is 28.8 Å². The minimum Gasteiger partial charge on any atom is -0.472 e. The summed E-state index contributed by atoms with van der Waals surface area (Å²) in [6.07, 6.45) is 5.25. The van der Waals surface area contributed by atoms with Gasteiger partial charge in [0.1, 0.15) is 6.26 Å². The molecule has 2 fully saturated rings. The second kappa shape index (κ2) is 7.56. The van der Waals surface area contributed by atoms with Gasteiger partial charge in [0.2, 0.25) is 5.91 Å². The van der Waals surface area contributed by atoms with Crippen molar-refractivity contribution in [3.8, 4) is 0 Å². The highest BCUT2D eigenvalue weighted by Gasteiger charge is 2.44. The summed E-state index contributed by atoms with van der Waals surface area (Å²) in [4.78, 5) is 28.6. The number of furan rings is 1. The summed E-state index contributed by atoms with van der Waals surface area (Å²) >= 11 is 0. The number of carbonyl (C=O) groups excluding carboxylic acids is 2. The van der Waals surface area contributed by atoms with Gasteiger partial charge in [0, 0.05) is 38.1 Å². The fourth-order valence-electron chi connectivity index (χ4n) is 3.71. The first-order valence-corrected chi connectivity index (χ1v) is 9.52. The van der Waals surface area contributed by atoms with Gasteiger partial charge in [0.05, 0.1) is 18.4 Å². The van der Waals surface area contributed by atoms with Gasteiger partial charge in [0.15, 0.2) is 0 Å². The molecule has 4 rings (SSSR count). The Labute approximate surface area is 159 Å². The second-order valence-corrected chi connectivity index (χ2v) is 7.50. The highest BCUT2D eigenvalue weighted by molar-refractivity contribution is 5.93. The summed E-state index contributed by atoms with van der Waals surface area (Å²) in [7, 11) is 0. The summed E-state index contributed by atoms with van der Waals surface area (Å²) in [6, 6.07) is 12.1. The average molecular weight is 367 g/mol. The number of hydrogen-bond donors (Lipinski definition) is 1. The van der Waals surface area contributed by atoms with E-state index in [-0.39, 0.29) is 17.2 Å². The highest BCUT2D eigenvalue weighted by Crippen LogP contribution is 2.47. The van der Waals surface area contributed by atoms with Crippen molar-refractivity contribution in [3.63, 3.8) is 0 Å². The van der Waals surface area contributed by atoms with Crippen LogP contribution in [0.15, 0.2) is 53.3 Å². The minimum absolute atomic E-state index is 0.00797. The molecule has 1 aromatic carbocycles. The van der Waals surface area contributed by atoms with Crippen molar-refractivity contribution in [1.82, 2.24) is 15.1 Å². The Morgan fingerprint density at radius 2 is 1.78 bits per heavy atom. The van der Waals surface area contributed by atoms with Crippen LogP contribution in [0.5, 0.6) is 0 Å². The first-order valence-electron chi connectivity index (χ1n) is 9.52. The Hall–Kier alpha value is -2.60. The smallest absolute Gasteiger partial charge is 0.257 e. The maximum absolute atomic E-state index is 12.4. The quantitative estimate of drug-likeness (QED) is 0.847. The lowest BCUT2D eigenvalue weighted by molar-refractivity contribution is -0.122. The van der Waals surface area contributed by atoms with Crippen LogP contribution in [0, 0.1) is 0 Å². The van der Waals surface area contributed by atoms with Gasteiger partial charge in [0.25, 0.3) is 5.91 Å². The number of benzene rings is 1. The van der Waals surface area contributed by atoms with Gasteiger partial charge in [-0.15, -0.1) is 0 Å². The molecule has 2 aromatic rings. The third-order valence-corrected chi connectivity index (χ3v) is 5.66. The summed E-state index contributed by atoms with van der Waals surface area (Å²) in [5.41, 5.74) is 2.03. The molecular weight excluding hydrogens is 342 g/mol. The first-order chi connectivity index (χ1) is 13.2. The molecular formula is C21H25N3O3. The van der Waals surface area contributed by atoms with E-state index < -0.39 is 0 Å². The molecule has 6 nitrogen and oxygen atoms in total. The molecule has 2 amide bonds. The van der Waals surface area contributed by atoms with E-state index in [1.807, 2.05) is 11.0 Å². The molecule has 1 saturated carbocycles. The molecule has 1 N–H and O–H groups in total. The lowest BCUT2D eigenvalue weighted by Gasteiger charge is -2.34. The van der Waals surface area contributed by atoms with E-state index in [9.17, 15) is 9.59 Å². The molecule has 1 aliphatic carbocycles. The number of amides is 2. The predicted molar refractivity (Wildman–Crippen MR) is 101 cm³/mol. The van der Waals surface area contributed by atoms with E-state index in [0.29, 0.717) is 44.8 Å². The van der Waals surface area contributed by atoms with E-state index in [0.717, 1.165) is 12.8 Å². The average Bonchev–Trinajstić information content (AvgIpc) is 3.30. The fraction of sp³-hybridized carbons (Fsp3) is 0.429. The Kier molecular flexibility index (Phi) is 4.99. The predicted octanol–water partition coefficient (Wildman–Crippen LogP) is 1.89. The Balaban J connectivity index is 1.22. The summed E-state index contributed by atoms with van der Waals surface area (Å²) in [6.45, 7) is 3.77. The molecule has 0 atom stereocenters. The van der Waals surface area contributed by atoms with Crippen LogP contribution < -0.4 is 5.32 Å². The van der Waals surface area contributed by atoms with Crippen molar-refractivity contribution < 1.29 is 14.0 Å². The number of rotatable bonds is 6. The van der Waals surface area contributed by atoms with Gasteiger partial charge >= 0.3 is 0 Å². The maximum Gasteiger partial charge on any atom is 0.257 e. The minimum atomic E-state index is -0.00797. The summed E-state index contributed by atoms with van der Waals surface area (Å²) in [5, 5.41) is 3.11. The Morgan fingerprint density at radius 1 is 1.04 bits per heavy atom. The van der Waals surface area contributed by atoms with Gasteiger partial charge in [-0.05, 0) is 24.5 Å². The van der Waals surface area contributed by atoms with E-state index in [2.05, 4.69) is 34.5 Å². The Bertz CT molecular complexity index is 776. The molecule has 142 valence electrons. The van der Waals surface area contributed by atoms with Crippen molar-refractivity contribution in [2.75, 3.05) is 39.3 Å². The molecule has 2 heterocycles. The van der Waals surface area contributed by atoms with E-state index >= 15 is 0 Å². The van der Waals surface area contributed by atoms with Crippen molar-refractivity contribution in [2.45, 2.75) is 18.3 Å². The van der Waals surface area contributed by atoms with Gasteiger partial charge < -0.3 is 14.6 Å². The van der Waals surface area contributed by atoms with E-state index in [1.54, 1.807) is 6.07 Å². The third-order valence-electron chi connectivity index (χ3n) is 5.66. The molecule has 1 aliphatic heterocycles. The van der Waals surface area contributed by atoms with Gasteiger partial charge in [-0.2, -0.15) is 0 Å². The number of hydrogen-bond acceptors (Lipinski definition) is 4. The van der Waals surface area contributed by atoms with Crippen LogP contribution in [0.2, 0.25) is 0 Å². The monoisotopic (exact) mass is 367 g/mol. The molecule has 1 saturated heterocycles. The highest BCUT2D eigenvalue weighted by atomic mass is 16.3. The van der Waals surface area contributed by atoms with Crippen molar-refractivity contribution in [3.05, 3.63) is 60.1 Å². The van der Waals surface area contributed by atoms with E-state index in [1.165, 1.54) is 18.1 Å². The Morgan fingerprint density at radius 3 is 2.41 bits per heavy atom. The zero-order valence-corrected chi connectivity index (χ0v) is 15.4. The van der Waals surface area contributed by atoms with E-state index in [4.69, 9.17) is 4.42 Å². The molecule has 6 heteroatoms. The van der Waals surface area contributed by atoms with Gasteiger partial charge in [-0.25, -0.2) is 0 Å². The van der Waals surface area contributed by atoms with Crippen LogP contribution in [0.3, 0.4) is 0 Å². The standard InChI is InChI=1S/C21H25N3O3/c25-19(22-16-21(7-8-21)18-4-2-1-3-5-18)14-23-9-11-24(12-10-23)20(26)17-6-13-27-15-17/h1-6,13,15H,7-12,14,16H2,(H,22,25). The normalized spacial score (nSPS) is 18.9. The lowest BCUT2D eigenvalue weighted by Crippen LogP contribution is -2.51. The van der Waals surface area contributed by atoms with Crippen LogP contribution in [0.25, 0.3) is 0 Å². The molecule has 27 heavy (non-hydrogen) atoms. The molecule has 2 aliphatic rings. The molecule has 0 unspecified atom stereocenters. The summed E-state index contributed by atoms with van der Waals surface area (Å²) < 4.78 is 4.98. The summed E-state index contributed by atoms with van der Waals surface area (Å²) in [5.74, 6) is 0.0539. The van der Waals surface area contributed by atoms with Gasteiger partial charge in [-0.1, -0.05) is 30.3 Å². The second-order valence-electron chi connectivity index (χ2n) is 7.50. The van der Waals surface area contributed by atoms with Crippen molar-refractivity contribution in [2.24, 2.45) is 0 Å². The third kappa shape index (κ3) is 4.06. The molecule has 0 radical (unpaired) electrons. The van der Waals surface area contributed by atoms with Crippen LogP contribution in [-0.2, 0) is 10.2 Å². The molecule has 1 aromatic heterocycles. The van der Waals surface area contributed by atoms with Crippen molar-refractivity contribution >= 4 is 11.8 Å². The van der Waals surface area contributed by atoms with Crippen LogP contribution in [0.4, 0.5) is 0 Å². The first kappa shape index (κ1) is 17.8. The maximum atomic E-state index is 12.4. The number of nitrogens with one attached hydrogen (secondary N) is 1. The molecule has 0 spiro atoms. The number of nitrogens with zero attached hydrogens (tertiary/aromatic N) is 2. The largest absolute Gasteiger partial charge is 0.472 e. The SMILES string of the molecule is O=C(CN1CCN(C(=O)c2ccoc2)CC1)NCC1(c2ccccc2)CC1. The fourth-order valence-corrected chi connectivity index (χ4v) is 3.71. The van der Waals surface area contributed by atoms with Crippen LogP contribution in [-0.4, -0.2) is 60.9 Å².